The summed E-state index contributed by atoms with van der Waals surface area (Å²) in [5.74, 6) is -0.215. The molecule has 5 nitrogen and oxygen atoms in total. The minimum atomic E-state index is -2.13. The first-order valence-electron chi connectivity index (χ1n) is 12.1. The molecule has 32 heavy (non-hydrogen) atoms. The van der Waals surface area contributed by atoms with Crippen LogP contribution >= 0.6 is 0 Å². The van der Waals surface area contributed by atoms with E-state index in [2.05, 4.69) is 102 Å². The van der Waals surface area contributed by atoms with Crippen molar-refractivity contribution in [3.63, 3.8) is 0 Å². The second kappa shape index (κ2) is 9.57. The summed E-state index contributed by atoms with van der Waals surface area (Å²) in [7, 11) is -6.24. The second-order valence-electron chi connectivity index (χ2n) is 14.1. The molecule has 0 bridgehead atoms. The van der Waals surface area contributed by atoms with Gasteiger partial charge in [0.25, 0.3) is 0 Å². The summed E-state index contributed by atoms with van der Waals surface area (Å²) < 4.78 is 26.1. The fourth-order valence-electron chi connectivity index (χ4n) is 2.77. The van der Waals surface area contributed by atoms with Crippen LogP contribution in [0.2, 0.25) is 54.4 Å². The van der Waals surface area contributed by atoms with Gasteiger partial charge < -0.3 is 18.0 Å². The molecule has 1 heterocycles. The van der Waals surface area contributed by atoms with Gasteiger partial charge in [0.1, 0.15) is 6.10 Å². The molecular weight excluding hydrogens is 453 g/mol. The second-order valence-corrected chi connectivity index (χ2v) is 28.4. The van der Waals surface area contributed by atoms with E-state index >= 15 is 0 Å². The predicted molar refractivity (Wildman–Crippen MR) is 142 cm³/mol. The lowest BCUT2D eigenvalue weighted by atomic mass is 10.0. The summed E-state index contributed by atoms with van der Waals surface area (Å²) in [6.45, 7) is 33.8. The Labute approximate surface area is 201 Å². The van der Waals surface area contributed by atoms with Crippen LogP contribution in [-0.4, -0.2) is 55.8 Å². The summed E-state index contributed by atoms with van der Waals surface area (Å²) in [5, 5.41) is 0.169. The third kappa shape index (κ3) is 7.25. The Kier molecular flexibility index (Phi) is 8.98. The third-order valence-corrected chi connectivity index (χ3v) is 21.8. The van der Waals surface area contributed by atoms with Crippen LogP contribution < -0.4 is 0 Å². The van der Waals surface area contributed by atoms with E-state index in [1.807, 2.05) is 0 Å². The average molecular weight is 505 g/mol. The van der Waals surface area contributed by atoms with Crippen LogP contribution in [-0.2, 0) is 22.8 Å². The quantitative estimate of drug-likeness (QED) is 0.273. The molecule has 0 aromatic carbocycles. The summed E-state index contributed by atoms with van der Waals surface area (Å²) in [5.41, 5.74) is 0. The van der Waals surface area contributed by atoms with E-state index in [-0.39, 0.29) is 39.7 Å². The van der Waals surface area contributed by atoms with Gasteiger partial charge in [-0.15, -0.1) is 0 Å². The van der Waals surface area contributed by atoms with Crippen LogP contribution in [0.3, 0.4) is 0 Å². The highest BCUT2D eigenvalue weighted by molar-refractivity contribution is 6.75. The minimum Gasteiger partial charge on any atom is -0.457 e. The molecule has 1 aliphatic rings. The van der Waals surface area contributed by atoms with Crippen molar-refractivity contribution in [2.75, 3.05) is 6.61 Å². The molecule has 190 valence electrons. The average Bonchev–Trinajstić information content (AvgIpc) is 2.52. The Morgan fingerprint density at radius 2 is 1.16 bits per heavy atom. The molecule has 0 amide bonds. The van der Waals surface area contributed by atoms with E-state index in [4.69, 9.17) is 18.0 Å². The molecule has 1 fully saturated rings. The number of ether oxygens (including phenoxy) is 1. The van der Waals surface area contributed by atoms with Crippen molar-refractivity contribution in [3.05, 3.63) is 0 Å². The standard InChI is InChI=1S/C24H52O5Si3/c1-22(2,3)30(10,11)26-17-19-21(29-32(14,15)24(7,8)9)18(16-20(25)27-19)28-31(12,13)23(4,5)6/h18-19,21H,16-17H2,1-15H3/t18-,19+,21+/m0/s1. The lowest BCUT2D eigenvalue weighted by Gasteiger charge is -2.48. The van der Waals surface area contributed by atoms with E-state index < -0.39 is 31.1 Å². The number of esters is 1. The maximum atomic E-state index is 12.7. The van der Waals surface area contributed by atoms with Crippen LogP contribution in [0.1, 0.15) is 68.7 Å². The molecule has 1 rings (SSSR count). The molecule has 1 aliphatic heterocycles. The SMILES string of the molecule is CC(C)(C)[Si](C)(C)OC[C@H]1OC(=O)C[C@H](O[Si](C)(C)C(C)(C)C)[C@H]1O[Si](C)(C)C(C)(C)C. The van der Waals surface area contributed by atoms with E-state index in [1.165, 1.54) is 0 Å². The monoisotopic (exact) mass is 504 g/mol. The Hall–Kier alpha value is 0.000649. The number of hydrogen-bond donors (Lipinski definition) is 0. The largest absolute Gasteiger partial charge is 0.457 e. The van der Waals surface area contributed by atoms with E-state index in [0.717, 1.165) is 0 Å². The lowest BCUT2D eigenvalue weighted by Crippen LogP contribution is -2.60. The highest BCUT2D eigenvalue weighted by Crippen LogP contribution is 2.43. The molecule has 0 spiro atoms. The van der Waals surface area contributed by atoms with Crippen LogP contribution in [0.25, 0.3) is 0 Å². The Balaban J connectivity index is 3.31. The molecule has 8 heteroatoms. The van der Waals surface area contributed by atoms with Crippen molar-refractivity contribution in [2.45, 2.75) is 141 Å². The molecular formula is C24H52O5Si3. The van der Waals surface area contributed by atoms with Crippen molar-refractivity contribution < 1.29 is 22.8 Å². The summed E-state index contributed by atoms with van der Waals surface area (Å²) >= 11 is 0. The number of carbonyl (C=O) groups is 1. The zero-order valence-corrected chi connectivity index (χ0v) is 26.7. The molecule has 0 unspecified atom stereocenters. The van der Waals surface area contributed by atoms with Gasteiger partial charge in [0.05, 0.1) is 19.1 Å². The van der Waals surface area contributed by atoms with Gasteiger partial charge in [0, 0.05) is 0 Å². The first kappa shape index (κ1) is 30.0. The summed E-state index contributed by atoms with van der Waals surface area (Å²) in [6, 6.07) is 0. The molecule has 0 N–H and O–H groups in total. The van der Waals surface area contributed by atoms with Crippen molar-refractivity contribution in [2.24, 2.45) is 0 Å². The number of hydrogen-bond acceptors (Lipinski definition) is 5. The summed E-state index contributed by atoms with van der Waals surface area (Å²) in [6.07, 6.45) is -0.830. The van der Waals surface area contributed by atoms with Crippen molar-refractivity contribution in [1.82, 2.24) is 0 Å². The van der Waals surface area contributed by atoms with Gasteiger partial charge >= 0.3 is 5.97 Å². The number of rotatable bonds is 7. The zero-order valence-electron chi connectivity index (χ0n) is 23.7. The molecule has 0 aromatic heterocycles. The Bertz CT molecular complexity index is 654. The maximum Gasteiger partial charge on any atom is 0.308 e. The van der Waals surface area contributed by atoms with Gasteiger partial charge in [0.2, 0.25) is 0 Å². The van der Waals surface area contributed by atoms with Gasteiger partial charge in [-0.25, -0.2) is 0 Å². The van der Waals surface area contributed by atoms with Gasteiger partial charge in [-0.05, 0) is 54.4 Å². The molecule has 0 saturated carbocycles. The highest BCUT2D eigenvalue weighted by Gasteiger charge is 2.51. The summed E-state index contributed by atoms with van der Waals surface area (Å²) in [4.78, 5) is 12.7. The maximum absolute atomic E-state index is 12.7. The lowest BCUT2D eigenvalue weighted by molar-refractivity contribution is -0.178. The number of cyclic esters (lactones) is 1. The van der Waals surface area contributed by atoms with Crippen LogP contribution in [0.4, 0.5) is 0 Å². The van der Waals surface area contributed by atoms with Crippen molar-refractivity contribution in [1.29, 1.82) is 0 Å². The van der Waals surface area contributed by atoms with Crippen molar-refractivity contribution >= 4 is 30.9 Å². The van der Waals surface area contributed by atoms with E-state index in [9.17, 15) is 4.79 Å². The zero-order chi connectivity index (χ0) is 25.6. The van der Waals surface area contributed by atoms with Gasteiger partial charge in [-0.3, -0.25) is 4.79 Å². The molecule has 0 aromatic rings. The van der Waals surface area contributed by atoms with Crippen molar-refractivity contribution in [3.8, 4) is 0 Å². The highest BCUT2D eigenvalue weighted by atomic mass is 28.4. The fraction of sp³-hybridized carbons (Fsp3) is 0.958. The fourth-order valence-corrected chi connectivity index (χ4v) is 6.45. The van der Waals surface area contributed by atoms with Crippen LogP contribution in [0.5, 0.6) is 0 Å². The van der Waals surface area contributed by atoms with Gasteiger partial charge in [0.15, 0.2) is 31.1 Å². The van der Waals surface area contributed by atoms with Crippen LogP contribution in [0, 0.1) is 0 Å². The third-order valence-electron chi connectivity index (χ3n) is 8.29. The molecule has 1 saturated heterocycles. The van der Waals surface area contributed by atoms with Gasteiger partial charge in [-0.1, -0.05) is 62.3 Å². The van der Waals surface area contributed by atoms with E-state index in [1.54, 1.807) is 0 Å². The minimum absolute atomic E-state index is 0.0425. The Morgan fingerprint density at radius 3 is 1.56 bits per heavy atom. The normalized spacial score (nSPS) is 24.5. The topological polar surface area (TPSA) is 54.0 Å². The van der Waals surface area contributed by atoms with E-state index in [0.29, 0.717) is 6.61 Å². The van der Waals surface area contributed by atoms with Gasteiger partial charge in [-0.2, -0.15) is 0 Å². The number of carbonyl (C=O) groups excluding carboxylic acids is 1. The first-order valence-corrected chi connectivity index (χ1v) is 20.8. The molecule has 0 radical (unpaired) electrons. The predicted octanol–water partition coefficient (Wildman–Crippen LogP) is 7.10. The molecule has 0 aliphatic carbocycles. The Morgan fingerprint density at radius 1 is 0.750 bits per heavy atom. The first-order chi connectivity index (χ1) is 13.9. The molecule has 3 atom stereocenters. The van der Waals surface area contributed by atoms with Crippen LogP contribution in [0.15, 0.2) is 0 Å². The smallest absolute Gasteiger partial charge is 0.308 e.